The van der Waals surface area contributed by atoms with Gasteiger partial charge in [-0.05, 0) is 30.7 Å². The lowest BCUT2D eigenvalue weighted by Gasteiger charge is -2.10. The molecule has 0 saturated carbocycles. The highest BCUT2D eigenvalue weighted by Crippen LogP contribution is 2.16. The van der Waals surface area contributed by atoms with Gasteiger partial charge in [0.2, 0.25) is 0 Å². The third-order valence-electron chi connectivity index (χ3n) is 1.98. The summed E-state index contributed by atoms with van der Waals surface area (Å²) in [6, 6.07) is 4.54. The molecule has 0 saturated heterocycles. The molecule has 1 nitrogen and oxygen atoms in total. The maximum atomic E-state index is 12.8. The zero-order chi connectivity index (χ0) is 10.6. The first-order valence-corrected chi connectivity index (χ1v) is 4.81. The fourth-order valence-electron chi connectivity index (χ4n) is 1.03. The third kappa shape index (κ3) is 3.13. The Labute approximate surface area is 88.6 Å². The van der Waals surface area contributed by atoms with E-state index in [4.69, 9.17) is 11.6 Å². The topological polar surface area (TPSA) is 12.0 Å². The van der Waals surface area contributed by atoms with Crippen molar-refractivity contribution in [3.05, 3.63) is 47.3 Å². The smallest absolute Gasteiger partial charge is 0.123 e. The van der Waals surface area contributed by atoms with Crippen molar-refractivity contribution in [1.82, 2.24) is 5.32 Å². The average Bonchev–Trinajstić information content (AvgIpc) is 2.19. The average molecular weight is 214 g/mol. The Hall–Kier alpha value is -0.860. The van der Waals surface area contributed by atoms with Crippen molar-refractivity contribution in [2.24, 2.45) is 0 Å². The molecular weight excluding hydrogens is 201 g/mol. The van der Waals surface area contributed by atoms with E-state index < -0.39 is 0 Å². The number of halogens is 2. The number of hydrogen-bond donors (Lipinski definition) is 1. The zero-order valence-corrected chi connectivity index (χ0v) is 8.81. The normalized spacial score (nSPS) is 12.5. The summed E-state index contributed by atoms with van der Waals surface area (Å²) in [6.45, 7) is 6.16. The predicted molar refractivity (Wildman–Crippen MR) is 57.9 cm³/mol. The first kappa shape index (κ1) is 11.2. The summed E-state index contributed by atoms with van der Waals surface area (Å²) in [5.41, 5.74) is 0.764. The van der Waals surface area contributed by atoms with E-state index >= 15 is 0 Å². The monoisotopic (exact) mass is 213 g/mol. The van der Waals surface area contributed by atoms with Crippen LogP contribution in [0, 0.1) is 5.82 Å². The molecule has 0 amide bonds. The van der Waals surface area contributed by atoms with Crippen LogP contribution >= 0.6 is 11.6 Å². The van der Waals surface area contributed by atoms with Crippen LogP contribution < -0.4 is 5.32 Å². The highest BCUT2D eigenvalue weighted by Gasteiger charge is 2.02. The van der Waals surface area contributed by atoms with Gasteiger partial charge in [0.1, 0.15) is 5.82 Å². The molecule has 0 radical (unpaired) electrons. The Morgan fingerprint density at radius 2 is 2.36 bits per heavy atom. The van der Waals surface area contributed by atoms with Crippen molar-refractivity contribution in [1.29, 1.82) is 0 Å². The molecule has 3 heteroatoms. The van der Waals surface area contributed by atoms with E-state index in [0.29, 0.717) is 11.6 Å². The van der Waals surface area contributed by atoms with E-state index in [1.54, 1.807) is 12.1 Å². The van der Waals surface area contributed by atoms with Crippen LogP contribution in [-0.2, 0) is 6.54 Å². The maximum absolute atomic E-state index is 12.8. The van der Waals surface area contributed by atoms with Gasteiger partial charge in [-0.1, -0.05) is 17.7 Å². The Kier molecular flexibility index (Phi) is 4.11. The maximum Gasteiger partial charge on any atom is 0.123 e. The van der Waals surface area contributed by atoms with Gasteiger partial charge in [0, 0.05) is 17.6 Å². The van der Waals surface area contributed by atoms with Crippen LogP contribution in [0.4, 0.5) is 4.39 Å². The molecule has 0 spiro atoms. The molecule has 1 aromatic rings. The third-order valence-corrected chi connectivity index (χ3v) is 2.34. The molecule has 1 atom stereocenters. The van der Waals surface area contributed by atoms with E-state index in [9.17, 15) is 4.39 Å². The molecule has 0 aliphatic carbocycles. The summed E-state index contributed by atoms with van der Waals surface area (Å²) in [5.74, 6) is -0.266. The van der Waals surface area contributed by atoms with Gasteiger partial charge in [-0.2, -0.15) is 0 Å². The van der Waals surface area contributed by atoms with Gasteiger partial charge in [-0.15, -0.1) is 6.58 Å². The second kappa shape index (κ2) is 5.13. The summed E-state index contributed by atoms with van der Waals surface area (Å²) in [5, 5.41) is 3.73. The van der Waals surface area contributed by atoms with Crippen LogP contribution in [0.5, 0.6) is 0 Å². The van der Waals surface area contributed by atoms with E-state index in [0.717, 1.165) is 5.56 Å². The van der Waals surface area contributed by atoms with Gasteiger partial charge in [0.25, 0.3) is 0 Å². The van der Waals surface area contributed by atoms with Crippen molar-refractivity contribution in [3.63, 3.8) is 0 Å². The summed E-state index contributed by atoms with van der Waals surface area (Å²) in [6.07, 6.45) is 1.78. The first-order valence-electron chi connectivity index (χ1n) is 4.43. The van der Waals surface area contributed by atoms with Crippen molar-refractivity contribution in [2.75, 3.05) is 0 Å². The van der Waals surface area contributed by atoms with Crippen LogP contribution in [0.3, 0.4) is 0 Å². The van der Waals surface area contributed by atoms with E-state index in [2.05, 4.69) is 11.9 Å². The second-order valence-corrected chi connectivity index (χ2v) is 3.55. The fraction of sp³-hybridized carbons (Fsp3) is 0.273. The molecule has 0 heterocycles. The Bertz CT molecular complexity index is 325. The lowest BCUT2D eigenvalue weighted by molar-refractivity contribution is 0.610. The Morgan fingerprint density at radius 1 is 1.64 bits per heavy atom. The van der Waals surface area contributed by atoms with Gasteiger partial charge in [-0.3, -0.25) is 0 Å². The molecule has 14 heavy (non-hydrogen) atoms. The number of nitrogens with one attached hydrogen (secondary N) is 1. The fourth-order valence-corrected chi connectivity index (χ4v) is 1.22. The summed E-state index contributed by atoms with van der Waals surface area (Å²) in [4.78, 5) is 0. The van der Waals surface area contributed by atoms with Crippen LogP contribution in [-0.4, -0.2) is 6.04 Å². The van der Waals surface area contributed by atoms with Gasteiger partial charge in [-0.25, -0.2) is 4.39 Å². The number of rotatable bonds is 4. The molecule has 1 aromatic carbocycles. The zero-order valence-electron chi connectivity index (χ0n) is 8.06. The van der Waals surface area contributed by atoms with Crippen molar-refractivity contribution in [3.8, 4) is 0 Å². The van der Waals surface area contributed by atoms with E-state index in [1.807, 2.05) is 6.92 Å². The molecule has 0 aromatic heterocycles. The number of benzene rings is 1. The van der Waals surface area contributed by atoms with Gasteiger partial charge >= 0.3 is 0 Å². The van der Waals surface area contributed by atoms with Crippen LogP contribution in [0.15, 0.2) is 30.9 Å². The van der Waals surface area contributed by atoms with Crippen LogP contribution in [0.1, 0.15) is 12.5 Å². The highest BCUT2D eigenvalue weighted by molar-refractivity contribution is 6.31. The molecular formula is C11H13ClFN. The van der Waals surface area contributed by atoms with Crippen LogP contribution in [0.2, 0.25) is 5.02 Å². The van der Waals surface area contributed by atoms with Crippen molar-refractivity contribution in [2.45, 2.75) is 19.5 Å². The predicted octanol–water partition coefficient (Wildman–Crippen LogP) is 3.14. The largest absolute Gasteiger partial charge is 0.307 e. The van der Waals surface area contributed by atoms with Gasteiger partial charge < -0.3 is 5.32 Å². The summed E-state index contributed by atoms with van der Waals surface area (Å²) >= 11 is 5.89. The van der Waals surface area contributed by atoms with Gasteiger partial charge in [0.05, 0.1) is 0 Å². The minimum Gasteiger partial charge on any atom is -0.307 e. The van der Waals surface area contributed by atoms with Crippen molar-refractivity contribution < 1.29 is 4.39 Å². The highest BCUT2D eigenvalue weighted by atomic mass is 35.5. The quantitative estimate of drug-likeness (QED) is 0.758. The molecule has 1 unspecified atom stereocenters. The lowest BCUT2D eigenvalue weighted by Crippen LogP contribution is -2.23. The van der Waals surface area contributed by atoms with E-state index in [-0.39, 0.29) is 11.9 Å². The molecule has 76 valence electrons. The Balaban J connectivity index is 2.66. The molecule has 0 bridgehead atoms. The summed E-state index contributed by atoms with van der Waals surface area (Å²) < 4.78 is 12.8. The molecule has 1 rings (SSSR count). The Morgan fingerprint density at radius 3 is 3.00 bits per heavy atom. The lowest BCUT2D eigenvalue weighted by atomic mass is 10.2. The first-order chi connectivity index (χ1) is 6.63. The standard InChI is InChI=1S/C11H13ClFN/c1-3-8(2)14-7-9-6-10(13)4-5-11(9)12/h3-6,8,14H,1,7H2,2H3. The molecule has 0 aliphatic rings. The minimum atomic E-state index is -0.266. The number of hydrogen-bond acceptors (Lipinski definition) is 1. The van der Waals surface area contributed by atoms with E-state index in [1.165, 1.54) is 12.1 Å². The second-order valence-electron chi connectivity index (χ2n) is 3.14. The molecule has 0 aliphatic heterocycles. The molecule has 1 N–H and O–H groups in total. The van der Waals surface area contributed by atoms with Crippen molar-refractivity contribution >= 4 is 11.6 Å². The van der Waals surface area contributed by atoms with Crippen LogP contribution in [0.25, 0.3) is 0 Å². The minimum absolute atomic E-state index is 0.189. The SMILES string of the molecule is C=CC(C)NCc1cc(F)ccc1Cl. The summed E-state index contributed by atoms with van der Waals surface area (Å²) in [7, 11) is 0. The van der Waals surface area contributed by atoms with Gasteiger partial charge in [0.15, 0.2) is 0 Å². The molecule has 0 fully saturated rings.